The van der Waals surface area contributed by atoms with E-state index in [1.54, 1.807) is 57.9 Å². The summed E-state index contributed by atoms with van der Waals surface area (Å²) in [6.45, 7) is 16.1. The van der Waals surface area contributed by atoms with Crippen molar-refractivity contribution < 1.29 is 83.3 Å². The fraction of sp³-hybridized carbons (Fsp3) is 0.302. The smallest absolute Gasteiger partial charge is 1.00 e. The van der Waals surface area contributed by atoms with Crippen molar-refractivity contribution in [1.82, 2.24) is 29.9 Å². The van der Waals surface area contributed by atoms with E-state index in [9.17, 15) is 43.6 Å². The maximum absolute atomic E-state index is 12.7. The monoisotopic (exact) mass is 2140 g/mol. The van der Waals surface area contributed by atoms with Gasteiger partial charge in [-0.2, -0.15) is 0 Å². The first-order valence-electron chi connectivity index (χ1n) is 46.7. The molecule has 1 saturated carbocycles. The van der Waals surface area contributed by atoms with E-state index in [-0.39, 0.29) is 76.3 Å². The Morgan fingerprint density at radius 3 is 1.05 bits per heavy atom. The number of allylic oxidation sites excluding steroid dienone is 8. The van der Waals surface area contributed by atoms with Crippen molar-refractivity contribution in [3.63, 3.8) is 0 Å². The van der Waals surface area contributed by atoms with E-state index < -0.39 is 35.8 Å². The molecule has 0 radical (unpaired) electrons. The van der Waals surface area contributed by atoms with Crippen molar-refractivity contribution in [1.29, 1.82) is 5.41 Å². The molecule has 0 bridgehead atoms. The van der Waals surface area contributed by atoms with E-state index in [4.69, 9.17) is 93.3 Å². The van der Waals surface area contributed by atoms with Gasteiger partial charge in [0.1, 0.15) is 27.4 Å². The topological polar surface area (TPSA) is 455 Å². The van der Waals surface area contributed by atoms with Gasteiger partial charge in [0.2, 0.25) is 10.3 Å². The van der Waals surface area contributed by atoms with E-state index in [2.05, 4.69) is 35.4 Å². The zero-order chi connectivity index (χ0) is 106. The summed E-state index contributed by atoms with van der Waals surface area (Å²) >= 11 is 18.7. The number of hydrogen-bond donors (Lipinski definition) is 8. The summed E-state index contributed by atoms with van der Waals surface area (Å²) in [5.41, 5.74) is 20.4. The van der Waals surface area contributed by atoms with Gasteiger partial charge >= 0.3 is 80.2 Å². The third-order valence-corrected chi connectivity index (χ3v) is 26.3. The largest absolute Gasteiger partial charge is 1.00 e. The van der Waals surface area contributed by atoms with E-state index in [0.717, 1.165) is 56.2 Å². The molecular weight excluding hydrogens is 2020 g/mol. The van der Waals surface area contributed by atoms with Crippen molar-refractivity contribution >= 4 is 202 Å². The zero-order valence-corrected chi connectivity index (χ0v) is 88.5. The number of esters is 6. The molecule has 16 rings (SSSR count). The van der Waals surface area contributed by atoms with Gasteiger partial charge in [-0.15, -0.1) is 91.2 Å². The second kappa shape index (κ2) is 64.6. The number of halogens is 2. The van der Waals surface area contributed by atoms with Crippen LogP contribution in [0.15, 0.2) is 273 Å². The molecule has 6 heterocycles. The van der Waals surface area contributed by atoms with Crippen LogP contribution in [0.1, 0.15) is 176 Å². The number of nitrogens with zero attached hydrogens (tertiary/aromatic N) is 8. The number of aliphatic imine (C=N–C) groups is 2. The van der Waals surface area contributed by atoms with Crippen LogP contribution in [0.3, 0.4) is 0 Å². The summed E-state index contributed by atoms with van der Waals surface area (Å²) in [6.07, 6.45) is 22.1. The van der Waals surface area contributed by atoms with Gasteiger partial charge in [-0.1, -0.05) is 238 Å². The molecule has 147 heavy (non-hydrogen) atoms. The predicted molar refractivity (Wildman–Crippen MR) is 594 cm³/mol. The second-order valence-corrected chi connectivity index (χ2v) is 37.6. The number of thiazole rings is 6. The zero-order valence-electron chi connectivity index (χ0n) is 83.1. The average Bonchev–Trinajstić information content (AvgIpc) is 1.62. The van der Waals surface area contributed by atoms with Gasteiger partial charge in [0, 0.05) is 79.1 Å². The Balaban J connectivity index is 0.000000262. The molecule has 0 aliphatic heterocycles. The van der Waals surface area contributed by atoms with Crippen LogP contribution in [0, 0.1) is 17.3 Å². The van der Waals surface area contributed by atoms with Gasteiger partial charge in [0.15, 0.2) is 20.5 Å². The Kier molecular flexibility index (Phi) is 53.0. The Labute approximate surface area is 894 Å². The average molecular weight is 2140 g/mol. The molecule has 10 N–H and O–H groups in total. The summed E-state index contributed by atoms with van der Waals surface area (Å²) in [5, 5.41) is 54.0. The first kappa shape index (κ1) is 121. The number of ketones is 1. The van der Waals surface area contributed by atoms with Gasteiger partial charge < -0.3 is 60.4 Å². The van der Waals surface area contributed by atoms with Gasteiger partial charge in [-0.05, 0) is 111 Å². The summed E-state index contributed by atoms with van der Waals surface area (Å²) in [7, 11) is -1.07. The third kappa shape index (κ3) is 37.5. The maximum atomic E-state index is 12.7. The van der Waals surface area contributed by atoms with E-state index in [1.165, 1.54) is 74.1 Å². The van der Waals surface area contributed by atoms with Crippen LogP contribution >= 0.6 is 91.2 Å². The number of Topliss-reactive ketones (excluding diaryl/α,β-unsaturated/α-hetero) is 1. The Morgan fingerprint density at radius 1 is 0.449 bits per heavy atom. The number of nitrogen functional groups attached to an aromatic ring is 2. The number of hydrogen-bond acceptors (Lipinski definition) is 36. The Morgan fingerprint density at radius 2 is 0.748 bits per heavy atom. The minimum Gasteiger partial charge on any atom is 1.00 e. The summed E-state index contributed by atoms with van der Waals surface area (Å²) in [4.78, 5) is 119. The normalized spacial score (nSPS) is 13.9. The SMILES string of the molecule is C.CCOC(=O)C1(c2csc(N)n2)CC=CC1.CCOC(=O)C1(c2csc(N=C(c3ccccc3)c3ccccc3)n2)CC=CC1.CCOC(=O)C1(c2csc(NB(C)O)n2)CC=CC1.CCOC(=O)C1(c2csc(NB(C)O)n2)CCC(=O)C1.CCOC(=O)Cc1csc(N)n1.CCOC(=O)Cc1csc(N=C(c2ccccc2)c2ccccc2)n1.ClC/C=C\CCl.N=C(c1ccccc1)c1ccccc1.O=BC#CO.[H+]. The number of nitrogens with one attached hydrogen (secondary N) is 3. The number of benzene rings is 6. The minimum absolute atomic E-state index is 0. The molecule has 30 nitrogen and oxygen atoms in total. The number of nitrogens with two attached hydrogens (primary N) is 2. The van der Waals surface area contributed by atoms with Crippen molar-refractivity contribution in [3.05, 3.63) is 330 Å². The number of carbonyl (C=O) groups is 7. The van der Waals surface area contributed by atoms with Crippen molar-refractivity contribution in [2.24, 2.45) is 9.98 Å². The molecule has 12 aromatic rings. The van der Waals surface area contributed by atoms with Crippen LogP contribution in [0.25, 0.3) is 0 Å². The maximum Gasteiger partial charge on any atom is 1.00 e. The molecule has 41 heteroatoms. The number of alkyl halides is 2. The van der Waals surface area contributed by atoms with Crippen molar-refractivity contribution in [2.45, 2.75) is 155 Å². The number of aliphatic hydroxyl groups is 1. The standard InChI is InChI=1S/C24H22N2O2S.C20H18N2O2S.C13H11N.C12H17BN2O4S.C12H17BN2O3S.C11H14N2O2S.C7H10N2O2S.C4H6Cl2.C2HBO2.CH4/c1-2-28-22(27)24(15-9-10-16-24)20-17-29-23(25-20)26-21(18-11-5-3-6-12-18)19-13-7-4-8-14-19;1-2-24-18(23)13-17-14-25-20(21-17)22-19(15-9-5-3-6-10-15)16-11-7-4-8-12-16;14-13(11-7-3-1-4-8-11)12-9-5-2-6-10-12;1-3-19-10(17)12(5-4-8(16)6-12)9-7-20-11(14-9)15-13(2)18;1-3-18-10(16)12(6-4-5-7-12)9-8-19-11(14-9)15-13(2)17;1-2-15-9(14)11(5-3-4-6-11)8-7-16-10(12)13-8;1-2-11-6(10)3-5-4-12-7(8)9-5;5-3-1-2-4-6;4-2-1-3-5;/h3-14,17H,2,15-16H2,1H3;3-12,14H,2,13H2,1H3;1-10,14H;7,18H,3-6H2,1-2H3,(H,14,15);4-5,8,17H,3,6-7H2,1-2H3,(H,14,15);3-4,7H,2,5-6H2,1H3,(H2,12,13);4H,2-3H2,1H3,(H2,8,9);1-2H,3-4H2;4H;1H4/p+1/b;;;;;;;2-1-;;. The molecule has 6 aromatic heterocycles. The summed E-state index contributed by atoms with van der Waals surface area (Å²) in [6, 6.07) is 59.7. The molecule has 0 spiro atoms. The molecule has 1 fully saturated rings. The molecular formula is C106H121B3Cl2N13O17S6+. The minimum atomic E-state index is -0.956. The fourth-order valence-electron chi connectivity index (χ4n) is 14.6. The van der Waals surface area contributed by atoms with E-state index in [0.29, 0.717) is 163 Å². The quantitative estimate of drug-likeness (QED) is 0.00369. The van der Waals surface area contributed by atoms with E-state index in [1.807, 2.05) is 266 Å². The van der Waals surface area contributed by atoms with Crippen molar-refractivity contribution in [3.8, 4) is 11.9 Å². The van der Waals surface area contributed by atoms with Gasteiger partial charge in [0.05, 0.1) is 104 Å². The molecule has 770 valence electrons. The van der Waals surface area contributed by atoms with Gasteiger partial charge in [-0.25, -0.2) is 39.9 Å². The first-order chi connectivity index (χ1) is 70.7. The number of ether oxygens (including phenoxy) is 6. The summed E-state index contributed by atoms with van der Waals surface area (Å²) in [5.74, 6) is 1.35. The first-order valence-corrected chi connectivity index (χ1v) is 53.0. The van der Waals surface area contributed by atoms with Crippen LogP contribution in [0.4, 0.5) is 30.8 Å². The molecule has 4 aliphatic rings. The molecule has 0 saturated heterocycles. The molecule has 4 aliphatic carbocycles. The number of anilines is 4. The molecule has 1 atom stereocenters. The van der Waals surface area contributed by atoms with Crippen molar-refractivity contribution in [2.75, 3.05) is 73.3 Å². The molecule has 1 unspecified atom stereocenters. The Bertz CT molecular complexity index is 6240. The van der Waals surface area contributed by atoms with Crippen LogP contribution < -0.4 is 21.9 Å². The number of carbonyl (C=O) groups excluding carboxylic acids is 7. The second-order valence-electron chi connectivity index (χ2n) is 31.8. The predicted octanol–water partition coefficient (Wildman–Crippen LogP) is 20.8. The van der Waals surface area contributed by atoms with Gasteiger partial charge in [0.25, 0.3) is 0 Å². The molecule has 0 amide bonds. The number of rotatable bonds is 32. The number of aliphatic hydroxyl groups excluding tert-OH is 1. The fourth-order valence-corrected chi connectivity index (χ4v) is 19.3. The van der Waals surface area contributed by atoms with Crippen LogP contribution in [0.2, 0.25) is 13.6 Å². The van der Waals surface area contributed by atoms with Crippen LogP contribution in [0.5, 0.6) is 0 Å². The Hall–Kier alpha value is -13.4. The molecule has 6 aromatic carbocycles. The van der Waals surface area contributed by atoms with Crippen LogP contribution in [-0.4, -0.2) is 176 Å². The third-order valence-electron chi connectivity index (χ3n) is 21.5. The van der Waals surface area contributed by atoms with Crippen LogP contribution in [-0.2, 0) is 101 Å². The van der Waals surface area contributed by atoms with Gasteiger partial charge in [-0.3, -0.25) is 39.0 Å². The number of aromatic nitrogens is 6. The van der Waals surface area contributed by atoms with E-state index >= 15 is 0 Å². The summed E-state index contributed by atoms with van der Waals surface area (Å²) < 4.78 is 39.6.